The van der Waals surface area contributed by atoms with Gasteiger partial charge in [0, 0.05) is 6.04 Å². The Morgan fingerprint density at radius 3 is 2.94 bits per heavy atom. The first-order chi connectivity index (χ1) is 8.81. The molecule has 2 N–H and O–H groups in total. The van der Waals surface area contributed by atoms with Crippen LogP contribution in [0.2, 0.25) is 0 Å². The third-order valence-corrected chi connectivity index (χ3v) is 4.28. The van der Waals surface area contributed by atoms with Gasteiger partial charge in [-0.2, -0.15) is 0 Å². The first-order valence-electron chi connectivity index (χ1n) is 7.64. The van der Waals surface area contributed by atoms with Gasteiger partial charge in [0.05, 0.1) is 0 Å². The van der Waals surface area contributed by atoms with E-state index < -0.39 is 0 Å². The van der Waals surface area contributed by atoms with Crippen molar-refractivity contribution in [3.8, 4) is 0 Å². The number of hydrogen-bond acceptors (Lipinski definition) is 1. The van der Waals surface area contributed by atoms with Crippen LogP contribution in [0.25, 0.3) is 0 Å². The SMILES string of the molecule is CCCC(N)CCCC1CCCc2ccccc21. The fourth-order valence-corrected chi connectivity index (χ4v) is 3.30. The van der Waals surface area contributed by atoms with E-state index in [0.29, 0.717) is 6.04 Å². The molecule has 0 radical (unpaired) electrons. The topological polar surface area (TPSA) is 26.0 Å². The van der Waals surface area contributed by atoms with Crippen molar-refractivity contribution in [1.82, 2.24) is 0 Å². The highest BCUT2D eigenvalue weighted by Crippen LogP contribution is 2.34. The van der Waals surface area contributed by atoms with Crippen molar-refractivity contribution in [2.75, 3.05) is 0 Å². The Morgan fingerprint density at radius 1 is 1.28 bits per heavy atom. The molecule has 18 heavy (non-hydrogen) atoms. The van der Waals surface area contributed by atoms with Gasteiger partial charge in [-0.25, -0.2) is 0 Å². The standard InChI is InChI=1S/C17H27N/c1-2-7-16(18)12-6-11-15-10-5-9-14-8-3-4-13-17(14)15/h3-4,8,13,15-16H,2,5-7,9-12,18H2,1H3. The summed E-state index contributed by atoms with van der Waals surface area (Å²) in [4.78, 5) is 0. The molecule has 0 saturated heterocycles. The van der Waals surface area contributed by atoms with E-state index in [0.717, 1.165) is 5.92 Å². The molecule has 0 heterocycles. The molecular formula is C17H27N. The first-order valence-corrected chi connectivity index (χ1v) is 7.64. The van der Waals surface area contributed by atoms with E-state index in [1.807, 2.05) is 0 Å². The summed E-state index contributed by atoms with van der Waals surface area (Å²) < 4.78 is 0. The zero-order chi connectivity index (χ0) is 12.8. The molecule has 2 rings (SSSR count). The van der Waals surface area contributed by atoms with Gasteiger partial charge in [-0.1, -0.05) is 44.0 Å². The van der Waals surface area contributed by atoms with Crippen LogP contribution >= 0.6 is 0 Å². The van der Waals surface area contributed by atoms with Crippen LogP contribution in [0, 0.1) is 0 Å². The maximum absolute atomic E-state index is 6.09. The lowest BCUT2D eigenvalue weighted by atomic mass is 9.80. The summed E-state index contributed by atoms with van der Waals surface area (Å²) in [5.74, 6) is 0.795. The van der Waals surface area contributed by atoms with Crippen molar-refractivity contribution in [2.24, 2.45) is 5.73 Å². The third-order valence-electron chi connectivity index (χ3n) is 4.28. The van der Waals surface area contributed by atoms with E-state index in [1.165, 1.54) is 51.4 Å². The summed E-state index contributed by atoms with van der Waals surface area (Å²) in [5, 5.41) is 0. The molecule has 0 fully saturated rings. The number of rotatable bonds is 6. The van der Waals surface area contributed by atoms with Crippen molar-refractivity contribution in [1.29, 1.82) is 0 Å². The normalized spacial score (nSPS) is 20.4. The quantitative estimate of drug-likeness (QED) is 0.789. The second kappa shape index (κ2) is 6.94. The molecular weight excluding hydrogens is 218 g/mol. The number of fused-ring (bicyclic) bond motifs is 1. The maximum atomic E-state index is 6.09. The minimum absolute atomic E-state index is 0.425. The molecule has 1 heteroatoms. The lowest BCUT2D eigenvalue weighted by Gasteiger charge is -2.25. The van der Waals surface area contributed by atoms with Gasteiger partial charge in [-0.05, 0) is 55.6 Å². The van der Waals surface area contributed by atoms with Crippen LogP contribution in [0.1, 0.15) is 68.9 Å². The summed E-state index contributed by atoms with van der Waals surface area (Å²) in [6.07, 6.45) is 10.2. The third kappa shape index (κ3) is 3.58. The Hall–Kier alpha value is -0.820. The predicted octanol–water partition coefficient (Wildman–Crippen LogP) is 4.40. The Bertz CT molecular complexity index is 358. The highest BCUT2D eigenvalue weighted by Gasteiger charge is 2.19. The molecule has 0 amide bonds. The van der Waals surface area contributed by atoms with Crippen LogP contribution in [0.15, 0.2) is 24.3 Å². The Kier molecular flexibility index (Phi) is 5.25. The van der Waals surface area contributed by atoms with Crippen LogP contribution in [-0.4, -0.2) is 6.04 Å². The van der Waals surface area contributed by atoms with E-state index in [1.54, 1.807) is 11.1 Å². The molecule has 0 aromatic heterocycles. The van der Waals surface area contributed by atoms with Gasteiger partial charge >= 0.3 is 0 Å². The van der Waals surface area contributed by atoms with Crippen LogP contribution in [0.4, 0.5) is 0 Å². The molecule has 2 unspecified atom stereocenters. The van der Waals surface area contributed by atoms with Crippen molar-refractivity contribution in [3.63, 3.8) is 0 Å². The molecule has 0 spiro atoms. The monoisotopic (exact) mass is 245 g/mol. The van der Waals surface area contributed by atoms with Gasteiger partial charge in [0.25, 0.3) is 0 Å². The van der Waals surface area contributed by atoms with Gasteiger partial charge in [0.2, 0.25) is 0 Å². The molecule has 1 nitrogen and oxygen atoms in total. The average molecular weight is 245 g/mol. The highest BCUT2D eigenvalue weighted by atomic mass is 14.6. The van der Waals surface area contributed by atoms with Crippen molar-refractivity contribution in [3.05, 3.63) is 35.4 Å². The van der Waals surface area contributed by atoms with Crippen LogP contribution in [0.5, 0.6) is 0 Å². The molecule has 0 aliphatic heterocycles. The molecule has 1 aliphatic rings. The number of hydrogen-bond donors (Lipinski definition) is 1. The number of benzene rings is 1. The van der Waals surface area contributed by atoms with Crippen LogP contribution in [-0.2, 0) is 6.42 Å². The minimum Gasteiger partial charge on any atom is -0.328 e. The van der Waals surface area contributed by atoms with Gasteiger partial charge in [-0.3, -0.25) is 0 Å². The largest absolute Gasteiger partial charge is 0.328 e. The van der Waals surface area contributed by atoms with Crippen LogP contribution in [0.3, 0.4) is 0 Å². The molecule has 2 atom stereocenters. The smallest absolute Gasteiger partial charge is 0.00387 e. The molecule has 1 aliphatic carbocycles. The van der Waals surface area contributed by atoms with E-state index >= 15 is 0 Å². The number of aryl methyl sites for hydroxylation is 1. The van der Waals surface area contributed by atoms with E-state index in [-0.39, 0.29) is 0 Å². The first kappa shape index (κ1) is 13.6. The fraction of sp³-hybridized carbons (Fsp3) is 0.647. The van der Waals surface area contributed by atoms with E-state index in [4.69, 9.17) is 5.73 Å². The Balaban J connectivity index is 1.84. The summed E-state index contributed by atoms with van der Waals surface area (Å²) in [6.45, 7) is 2.22. The summed E-state index contributed by atoms with van der Waals surface area (Å²) in [5.41, 5.74) is 9.30. The molecule has 1 aromatic carbocycles. The maximum Gasteiger partial charge on any atom is 0.00387 e. The van der Waals surface area contributed by atoms with Gasteiger partial charge in [-0.15, -0.1) is 0 Å². The Labute approximate surface area is 112 Å². The zero-order valence-electron chi connectivity index (χ0n) is 11.7. The predicted molar refractivity (Wildman–Crippen MR) is 78.9 cm³/mol. The lowest BCUT2D eigenvalue weighted by molar-refractivity contribution is 0.463. The van der Waals surface area contributed by atoms with Crippen molar-refractivity contribution < 1.29 is 0 Å². The Morgan fingerprint density at radius 2 is 2.11 bits per heavy atom. The van der Waals surface area contributed by atoms with Gasteiger partial charge in [0.15, 0.2) is 0 Å². The average Bonchev–Trinajstić information content (AvgIpc) is 2.39. The van der Waals surface area contributed by atoms with E-state index in [9.17, 15) is 0 Å². The second-order valence-corrected chi connectivity index (χ2v) is 5.77. The summed E-state index contributed by atoms with van der Waals surface area (Å²) >= 11 is 0. The summed E-state index contributed by atoms with van der Waals surface area (Å²) in [6, 6.07) is 9.45. The molecule has 0 saturated carbocycles. The minimum atomic E-state index is 0.425. The van der Waals surface area contributed by atoms with Gasteiger partial charge < -0.3 is 5.73 Å². The fourth-order valence-electron chi connectivity index (χ4n) is 3.30. The molecule has 1 aromatic rings. The molecule has 0 bridgehead atoms. The van der Waals surface area contributed by atoms with Crippen LogP contribution < -0.4 is 5.73 Å². The van der Waals surface area contributed by atoms with Crippen molar-refractivity contribution in [2.45, 2.75) is 70.3 Å². The lowest BCUT2D eigenvalue weighted by Crippen LogP contribution is -2.19. The van der Waals surface area contributed by atoms with E-state index in [2.05, 4.69) is 31.2 Å². The zero-order valence-corrected chi connectivity index (χ0v) is 11.7. The molecule has 100 valence electrons. The second-order valence-electron chi connectivity index (χ2n) is 5.77. The summed E-state index contributed by atoms with van der Waals surface area (Å²) in [7, 11) is 0. The van der Waals surface area contributed by atoms with Crippen molar-refractivity contribution >= 4 is 0 Å². The highest BCUT2D eigenvalue weighted by molar-refractivity contribution is 5.32. The van der Waals surface area contributed by atoms with Gasteiger partial charge in [0.1, 0.15) is 0 Å². The number of nitrogens with two attached hydrogens (primary N) is 1.